The van der Waals surface area contributed by atoms with Gasteiger partial charge in [-0.2, -0.15) is 0 Å². The lowest BCUT2D eigenvalue weighted by molar-refractivity contribution is -0.139. The van der Waals surface area contributed by atoms with Crippen molar-refractivity contribution >= 4 is 16.9 Å². The van der Waals surface area contributed by atoms with Gasteiger partial charge in [-0.05, 0) is 24.1 Å². The van der Waals surface area contributed by atoms with E-state index in [1.165, 1.54) is 12.7 Å². The number of methoxy groups -OCH3 is 1. The minimum atomic E-state index is -0.209. The predicted octanol–water partition coefficient (Wildman–Crippen LogP) is 2.19. The van der Waals surface area contributed by atoms with Crippen molar-refractivity contribution in [3.05, 3.63) is 35.5 Å². The van der Waals surface area contributed by atoms with E-state index in [1.807, 2.05) is 31.3 Å². The second-order valence-corrected chi connectivity index (χ2v) is 3.56. The smallest absolute Gasteiger partial charge is 0.310 e. The number of aryl methyl sites for hydroxylation is 1. The largest absolute Gasteiger partial charge is 0.469 e. The van der Waals surface area contributed by atoms with Crippen LogP contribution < -0.4 is 0 Å². The summed E-state index contributed by atoms with van der Waals surface area (Å²) in [7, 11) is 1.41. The average Bonchev–Trinajstić information content (AvgIpc) is 2.63. The summed E-state index contributed by atoms with van der Waals surface area (Å²) in [6, 6.07) is 6.04. The van der Waals surface area contributed by atoms with Gasteiger partial charge in [0.25, 0.3) is 0 Å². The van der Waals surface area contributed by atoms with Crippen LogP contribution >= 0.6 is 0 Å². The fraction of sp³-hybridized carbons (Fsp3) is 0.250. The topological polar surface area (TPSA) is 42.1 Å². The number of esters is 1. The first kappa shape index (κ1) is 9.77. The number of hydrogen-bond donors (Lipinski definition) is 1. The van der Waals surface area contributed by atoms with Crippen LogP contribution in [0.4, 0.5) is 0 Å². The molecule has 0 atom stereocenters. The number of carbonyl (C=O) groups excluding carboxylic acids is 1. The van der Waals surface area contributed by atoms with Gasteiger partial charge in [0.15, 0.2) is 0 Å². The van der Waals surface area contributed by atoms with Crippen LogP contribution in [-0.2, 0) is 16.0 Å². The third-order valence-corrected chi connectivity index (χ3v) is 2.56. The molecular formula is C12H13NO2. The molecule has 0 spiro atoms. The van der Waals surface area contributed by atoms with Gasteiger partial charge in [0.1, 0.15) is 0 Å². The van der Waals surface area contributed by atoms with Crippen molar-refractivity contribution in [2.24, 2.45) is 0 Å². The molecule has 1 N–H and O–H groups in total. The number of fused-ring (bicyclic) bond motifs is 1. The third-order valence-electron chi connectivity index (χ3n) is 2.56. The summed E-state index contributed by atoms with van der Waals surface area (Å²) in [6.45, 7) is 2.04. The lowest BCUT2D eigenvalue weighted by Gasteiger charge is -2.00. The van der Waals surface area contributed by atoms with Crippen molar-refractivity contribution < 1.29 is 9.53 Å². The normalized spacial score (nSPS) is 10.5. The van der Waals surface area contributed by atoms with Crippen molar-refractivity contribution in [2.45, 2.75) is 13.3 Å². The summed E-state index contributed by atoms with van der Waals surface area (Å²) in [4.78, 5) is 14.3. The van der Waals surface area contributed by atoms with Crippen LogP contribution in [0.2, 0.25) is 0 Å². The Balaban J connectivity index is 2.48. The van der Waals surface area contributed by atoms with E-state index in [9.17, 15) is 4.79 Å². The molecular weight excluding hydrogens is 190 g/mol. The molecule has 2 aromatic rings. The fourth-order valence-electron chi connectivity index (χ4n) is 1.82. The third kappa shape index (κ3) is 1.73. The Morgan fingerprint density at radius 3 is 3.00 bits per heavy atom. The Bertz CT molecular complexity index is 499. The van der Waals surface area contributed by atoms with Crippen molar-refractivity contribution in [3.63, 3.8) is 0 Å². The van der Waals surface area contributed by atoms with Gasteiger partial charge in [-0.25, -0.2) is 0 Å². The highest BCUT2D eigenvalue weighted by atomic mass is 16.5. The number of nitrogens with one attached hydrogen (secondary N) is 1. The average molecular weight is 203 g/mol. The molecule has 0 aliphatic carbocycles. The van der Waals surface area contributed by atoms with Crippen LogP contribution in [0.15, 0.2) is 24.4 Å². The highest BCUT2D eigenvalue weighted by molar-refractivity contribution is 5.89. The van der Waals surface area contributed by atoms with Gasteiger partial charge >= 0.3 is 5.97 Å². The molecule has 0 radical (unpaired) electrons. The molecule has 0 saturated carbocycles. The van der Waals surface area contributed by atoms with Crippen LogP contribution in [0.3, 0.4) is 0 Å². The molecule has 15 heavy (non-hydrogen) atoms. The molecule has 0 aliphatic rings. The number of H-pyrrole nitrogens is 1. The van der Waals surface area contributed by atoms with Crippen molar-refractivity contribution in [1.29, 1.82) is 0 Å². The first-order chi connectivity index (χ1) is 7.22. The van der Waals surface area contributed by atoms with Gasteiger partial charge < -0.3 is 9.72 Å². The maximum Gasteiger partial charge on any atom is 0.310 e. The summed E-state index contributed by atoms with van der Waals surface area (Å²) >= 11 is 0. The number of aromatic amines is 1. The molecule has 0 bridgehead atoms. The first-order valence-electron chi connectivity index (χ1n) is 4.84. The zero-order valence-electron chi connectivity index (χ0n) is 8.83. The number of benzene rings is 1. The van der Waals surface area contributed by atoms with Gasteiger partial charge in [-0.1, -0.05) is 12.1 Å². The first-order valence-corrected chi connectivity index (χ1v) is 4.84. The maximum absolute atomic E-state index is 11.2. The van der Waals surface area contributed by atoms with Crippen molar-refractivity contribution in [2.75, 3.05) is 7.11 Å². The fourth-order valence-corrected chi connectivity index (χ4v) is 1.82. The second-order valence-electron chi connectivity index (χ2n) is 3.56. The van der Waals surface area contributed by atoms with E-state index in [0.717, 1.165) is 16.5 Å². The van der Waals surface area contributed by atoms with Crippen LogP contribution in [0.25, 0.3) is 10.9 Å². The van der Waals surface area contributed by atoms with Crippen LogP contribution in [0.5, 0.6) is 0 Å². The van der Waals surface area contributed by atoms with Crippen LogP contribution in [0.1, 0.15) is 11.1 Å². The maximum atomic E-state index is 11.2. The Kier molecular flexibility index (Phi) is 2.46. The van der Waals surface area contributed by atoms with E-state index >= 15 is 0 Å². The van der Waals surface area contributed by atoms with Crippen molar-refractivity contribution in [1.82, 2.24) is 4.98 Å². The SMILES string of the molecule is COC(=O)Cc1c[nH]c2cccc(C)c12. The lowest BCUT2D eigenvalue weighted by atomic mass is 10.1. The molecule has 0 amide bonds. The number of hydrogen-bond acceptors (Lipinski definition) is 2. The van der Waals surface area contributed by atoms with Crippen LogP contribution in [0, 0.1) is 6.92 Å². The summed E-state index contributed by atoms with van der Waals surface area (Å²) in [5.74, 6) is -0.209. The Morgan fingerprint density at radius 1 is 1.47 bits per heavy atom. The molecule has 1 heterocycles. The molecule has 2 rings (SSSR count). The zero-order chi connectivity index (χ0) is 10.8. The monoisotopic (exact) mass is 203 g/mol. The molecule has 0 saturated heterocycles. The summed E-state index contributed by atoms with van der Waals surface area (Å²) in [5, 5.41) is 1.13. The van der Waals surface area contributed by atoms with Gasteiger partial charge in [-0.15, -0.1) is 0 Å². The molecule has 3 heteroatoms. The Labute approximate surface area is 88.1 Å². The van der Waals surface area contributed by atoms with E-state index in [-0.39, 0.29) is 5.97 Å². The molecule has 3 nitrogen and oxygen atoms in total. The van der Waals surface area contributed by atoms with Crippen LogP contribution in [-0.4, -0.2) is 18.1 Å². The summed E-state index contributed by atoms with van der Waals surface area (Å²) < 4.78 is 4.66. The van der Waals surface area contributed by atoms with E-state index in [1.54, 1.807) is 0 Å². The van der Waals surface area contributed by atoms with Crippen molar-refractivity contribution in [3.8, 4) is 0 Å². The molecule has 0 aliphatic heterocycles. The quantitative estimate of drug-likeness (QED) is 0.760. The number of carbonyl (C=O) groups is 1. The lowest BCUT2D eigenvalue weighted by Crippen LogP contribution is -2.03. The highest BCUT2D eigenvalue weighted by Crippen LogP contribution is 2.22. The molecule has 1 aromatic heterocycles. The minimum absolute atomic E-state index is 0.209. The standard InChI is InChI=1S/C12H13NO2/c1-8-4-3-5-10-12(8)9(7-13-10)6-11(14)15-2/h3-5,7,13H,6H2,1-2H3. The van der Waals surface area contributed by atoms with Gasteiger partial charge in [0.2, 0.25) is 0 Å². The van der Waals surface area contributed by atoms with E-state index in [4.69, 9.17) is 0 Å². The number of rotatable bonds is 2. The second kappa shape index (κ2) is 3.77. The van der Waals surface area contributed by atoms with E-state index in [2.05, 4.69) is 9.72 Å². The van der Waals surface area contributed by atoms with E-state index < -0.39 is 0 Å². The van der Waals surface area contributed by atoms with Gasteiger partial charge in [0, 0.05) is 17.1 Å². The zero-order valence-corrected chi connectivity index (χ0v) is 8.83. The molecule has 0 fully saturated rings. The van der Waals surface area contributed by atoms with Gasteiger partial charge in [0.05, 0.1) is 13.5 Å². The Hall–Kier alpha value is -1.77. The molecule has 78 valence electrons. The highest BCUT2D eigenvalue weighted by Gasteiger charge is 2.09. The molecule has 1 aromatic carbocycles. The molecule has 0 unspecified atom stereocenters. The Morgan fingerprint density at radius 2 is 2.27 bits per heavy atom. The summed E-state index contributed by atoms with van der Waals surface area (Å²) in [5.41, 5.74) is 3.23. The number of aromatic nitrogens is 1. The minimum Gasteiger partial charge on any atom is -0.469 e. The summed E-state index contributed by atoms with van der Waals surface area (Å²) in [6.07, 6.45) is 2.19. The predicted molar refractivity (Wildman–Crippen MR) is 58.8 cm³/mol. The van der Waals surface area contributed by atoms with Gasteiger partial charge in [-0.3, -0.25) is 4.79 Å². The van der Waals surface area contributed by atoms with E-state index in [0.29, 0.717) is 6.42 Å². The number of ether oxygens (including phenoxy) is 1.